The second-order valence-corrected chi connectivity index (χ2v) is 5.98. The number of carbonyl (C=O) groups excluding carboxylic acids is 1. The fraction of sp³-hybridized carbons (Fsp3) is 0.353. The number of carbonyl (C=O) groups is 1. The highest BCUT2D eigenvalue weighted by Crippen LogP contribution is 2.31. The third-order valence-electron chi connectivity index (χ3n) is 3.92. The van der Waals surface area contributed by atoms with Crippen LogP contribution in [0.4, 0.5) is 11.5 Å². The van der Waals surface area contributed by atoms with Gasteiger partial charge in [-0.15, -0.1) is 17.5 Å². The molecule has 0 saturated heterocycles. The molecule has 0 radical (unpaired) electrons. The molecular weight excluding hydrogens is 326 g/mol. The molecular formula is C17H22ClN5O. The van der Waals surface area contributed by atoms with Crippen molar-refractivity contribution < 1.29 is 4.79 Å². The first-order valence-corrected chi connectivity index (χ1v) is 7.83. The molecule has 0 aliphatic heterocycles. The third kappa shape index (κ3) is 4.91. The molecule has 3 rings (SSSR count). The van der Waals surface area contributed by atoms with Gasteiger partial charge in [0, 0.05) is 23.8 Å². The summed E-state index contributed by atoms with van der Waals surface area (Å²) in [4.78, 5) is 12.2. The van der Waals surface area contributed by atoms with E-state index in [2.05, 4.69) is 20.8 Å². The molecule has 1 saturated carbocycles. The number of halogens is 1. The molecule has 1 aromatic heterocycles. The van der Waals surface area contributed by atoms with Crippen LogP contribution >= 0.6 is 12.4 Å². The summed E-state index contributed by atoms with van der Waals surface area (Å²) in [5.74, 6) is 1.10. The van der Waals surface area contributed by atoms with E-state index in [-0.39, 0.29) is 24.4 Å². The molecule has 1 atom stereocenters. The van der Waals surface area contributed by atoms with Crippen molar-refractivity contribution in [2.24, 2.45) is 11.7 Å². The Kier molecular flexibility index (Phi) is 6.11. The Morgan fingerprint density at radius 3 is 2.75 bits per heavy atom. The maximum absolute atomic E-state index is 12.2. The summed E-state index contributed by atoms with van der Waals surface area (Å²) in [6.45, 7) is 2.40. The zero-order valence-corrected chi connectivity index (χ0v) is 14.3. The predicted octanol–water partition coefficient (Wildman–Crippen LogP) is 2.42. The van der Waals surface area contributed by atoms with Crippen LogP contribution in [-0.2, 0) is 0 Å². The molecule has 1 aromatic carbocycles. The summed E-state index contributed by atoms with van der Waals surface area (Å²) in [6.07, 6.45) is 2.35. The van der Waals surface area contributed by atoms with Gasteiger partial charge >= 0.3 is 0 Å². The molecule has 1 heterocycles. The van der Waals surface area contributed by atoms with Gasteiger partial charge in [0.15, 0.2) is 5.82 Å². The Bertz CT molecular complexity index is 688. The van der Waals surface area contributed by atoms with E-state index in [1.807, 2.05) is 31.2 Å². The van der Waals surface area contributed by atoms with Crippen molar-refractivity contribution in [3.05, 3.63) is 47.7 Å². The van der Waals surface area contributed by atoms with Gasteiger partial charge in [0.1, 0.15) is 0 Å². The van der Waals surface area contributed by atoms with Crippen molar-refractivity contribution in [2.75, 3.05) is 11.9 Å². The number of aromatic nitrogens is 2. The van der Waals surface area contributed by atoms with Crippen LogP contribution in [-0.4, -0.2) is 28.7 Å². The van der Waals surface area contributed by atoms with Crippen molar-refractivity contribution in [3.63, 3.8) is 0 Å². The lowest BCUT2D eigenvalue weighted by atomic mass is 10.1. The summed E-state index contributed by atoms with van der Waals surface area (Å²) in [6, 6.07) is 11.1. The van der Waals surface area contributed by atoms with E-state index in [0.29, 0.717) is 23.8 Å². The van der Waals surface area contributed by atoms with Crippen molar-refractivity contribution >= 4 is 29.8 Å². The maximum Gasteiger partial charge on any atom is 0.251 e. The van der Waals surface area contributed by atoms with Crippen LogP contribution in [0.25, 0.3) is 0 Å². The minimum absolute atomic E-state index is 0. The minimum Gasteiger partial charge on any atom is -0.350 e. The van der Waals surface area contributed by atoms with Gasteiger partial charge in [-0.2, -0.15) is 5.10 Å². The van der Waals surface area contributed by atoms with Gasteiger partial charge in [-0.25, -0.2) is 0 Å². The quantitative estimate of drug-likeness (QED) is 0.746. The van der Waals surface area contributed by atoms with Crippen LogP contribution in [0.15, 0.2) is 36.4 Å². The first-order valence-electron chi connectivity index (χ1n) is 7.83. The Morgan fingerprint density at radius 1 is 1.29 bits per heavy atom. The highest BCUT2D eigenvalue weighted by atomic mass is 35.5. The van der Waals surface area contributed by atoms with Gasteiger partial charge in [0.05, 0.1) is 5.69 Å². The number of hydrogen-bond acceptors (Lipinski definition) is 5. The smallest absolute Gasteiger partial charge is 0.251 e. The molecule has 1 aliphatic carbocycles. The fourth-order valence-electron chi connectivity index (χ4n) is 2.36. The molecule has 4 N–H and O–H groups in total. The summed E-state index contributed by atoms with van der Waals surface area (Å²) < 4.78 is 0. The molecule has 1 fully saturated rings. The SMILES string of the molecule is Cc1ccc(Nc2cccc(C(=O)NCC(N)C3CC3)c2)nn1.Cl. The molecule has 2 aromatic rings. The first kappa shape index (κ1) is 18.2. The average molecular weight is 348 g/mol. The molecule has 24 heavy (non-hydrogen) atoms. The van der Waals surface area contributed by atoms with Crippen LogP contribution in [0.3, 0.4) is 0 Å². The van der Waals surface area contributed by atoms with E-state index in [0.717, 1.165) is 11.4 Å². The van der Waals surface area contributed by atoms with Crippen LogP contribution in [0.5, 0.6) is 0 Å². The number of benzene rings is 1. The zero-order valence-electron chi connectivity index (χ0n) is 13.5. The number of nitrogens with two attached hydrogens (primary N) is 1. The van der Waals surface area contributed by atoms with Gasteiger partial charge in [-0.1, -0.05) is 6.07 Å². The Balaban J connectivity index is 0.00000208. The highest BCUT2D eigenvalue weighted by Gasteiger charge is 2.28. The van der Waals surface area contributed by atoms with E-state index in [1.54, 1.807) is 12.1 Å². The number of aryl methyl sites for hydroxylation is 1. The maximum atomic E-state index is 12.2. The standard InChI is InChI=1S/C17H21N5O.ClH/c1-11-5-8-16(22-21-11)20-14-4-2-3-13(9-14)17(23)19-10-15(18)12-6-7-12;/h2-5,8-9,12,15H,6-7,10,18H2,1H3,(H,19,23)(H,20,22);1H. The lowest BCUT2D eigenvalue weighted by Gasteiger charge is -2.12. The van der Waals surface area contributed by atoms with E-state index in [1.165, 1.54) is 12.8 Å². The van der Waals surface area contributed by atoms with E-state index in [4.69, 9.17) is 5.73 Å². The van der Waals surface area contributed by atoms with Crippen LogP contribution in [0, 0.1) is 12.8 Å². The van der Waals surface area contributed by atoms with Crippen LogP contribution in [0.1, 0.15) is 28.9 Å². The Hall–Kier alpha value is -2.18. The van der Waals surface area contributed by atoms with Gasteiger partial charge in [-0.05, 0) is 56.0 Å². The van der Waals surface area contributed by atoms with Crippen molar-refractivity contribution in [1.29, 1.82) is 0 Å². The molecule has 1 amide bonds. The number of hydrogen-bond donors (Lipinski definition) is 3. The predicted molar refractivity (Wildman–Crippen MR) is 96.8 cm³/mol. The first-order chi connectivity index (χ1) is 11.1. The molecule has 6 nitrogen and oxygen atoms in total. The monoisotopic (exact) mass is 347 g/mol. The molecule has 0 spiro atoms. The summed E-state index contributed by atoms with van der Waals surface area (Å²) in [7, 11) is 0. The average Bonchev–Trinajstić information content (AvgIpc) is 3.40. The summed E-state index contributed by atoms with van der Waals surface area (Å²) >= 11 is 0. The van der Waals surface area contributed by atoms with Gasteiger partial charge in [-0.3, -0.25) is 4.79 Å². The second-order valence-electron chi connectivity index (χ2n) is 5.98. The number of nitrogens with one attached hydrogen (secondary N) is 2. The normalized spacial score (nSPS) is 14.4. The molecule has 7 heteroatoms. The number of amides is 1. The number of rotatable bonds is 6. The van der Waals surface area contributed by atoms with Gasteiger partial charge in [0.25, 0.3) is 5.91 Å². The van der Waals surface area contributed by atoms with Gasteiger partial charge in [0.2, 0.25) is 0 Å². The minimum atomic E-state index is -0.111. The Labute approximate surface area is 147 Å². The lowest BCUT2D eigenvalue weighted by Crippen LogP contribution is -2.38. The second kappa shape index (κ2) is 8.08. The van der Waals surface area contributed by atoms with Crippen LogP contribution in [0.2, 0.25) is 0 Å². The fourth-order valence-corrected chi connectivity index (χ4v) is 2.36. The van der Waals surface area contributed by atoms with Crippen LogP contribution < -0.4 is 16.4 Å². The summed E-state index contributed by atoms with van der Waals surface area (Å²) in [5.41, 5.74) is 8.25. The third-order valence-corrected chi connectivity index (χ3v) is 3.92. The van der Waals surface area contributed by atoms with E-state index in [9.17, 15) is 4.79 Å². The molecule has 0 bridgehead atoms. The van der Waals surface area contributed by atoms with E-state index >= 15 is 0 Å². The van der Waals surface area contributed by atoms with Crippen molar-refractivity contribution in [1.82, 2.24) is 15.5 Å². The largest absolute Gasteiger partial charge is 0.350 e. The summed E-state index contributed by atoms with van der Waals surface area (Å²) in [5, 5.41) is 14.1. The number of nitrogens with zero attached hydrogens (tertiary/aromatic N) is 2. The molecule has 1 aliphatic rings. The van der Waals surface area contributed by atoms with Crippen molar-refractivity contribution in [3.8, 4) is 0 Å². The topological polar surface area (TPSA) is 92.9 Å². The molecule has 1 unspecified atom stereocenters. The molecule has 128 valence electrons. The van der Waals surface area contributed by atoms with Gasteiger partial charge < -0.3 is 16.4 Å². The van der Waals surface area contributed by atoms with Crippen molar-refractivity contribution in [2.45, 2.75) is 25.8 Å². The number of anilines is 2. The Morgan fingerprint density at radius 2 is 2.08 bits per heavy atom. The highest BCUT2D eigenvalue weighted by molar-refractivity contribution is 5.95. The lowest BCUT2D eigenvalue weighted by molar-refractivity contribution is 0.0950. The zero-order chi connectivity index (χ0) is 16.2. The van der Waals surface area contributed by atoms with E-state index < -0.39 is 0 Å².